The lowest BCUT2D eigenvalue weighted by Gasteiger charge is -1.92. The summed E-state index contributed by atoms with van der Waals surface area (Å²) in [4.78, 5) is 9.81. The molecule has 0 aromatic carbocycles. The molecule has 0 rings (SSSR count). The molecule has 0 amide bonds. The van der Waals surface area contributed by atoms with E-state index >= 15 is 0 Å². The average Bonchev–Trinajstić information content (AvgIpc) is 1.85. The molecule has 0 radical (unpaired) electrons. The summed E-state index contributed by atoms with van der Waals surface area (Å²) in [7, 11) is -5.42. The fourth-order valence-electron chi connectivity index (χ4n) is 0.200. The number of rotatable bonds is 2. The highest BCUT2D eigenvalue weighted by Gasteiger charge is 1.94. The van der Waals surface area contributed by atoms with Crippen LogP contribution in [0.15, 0.2) is 0 Å². The predicted molar refractivity (Wildman–Crippen MR) is 33.4 cm³/mol. The van der Waals surface area contributed by atoms with E-state index in [-0.39, 0.29) is 6.61 Å². The third kappa shape index (κ3) is 34.9. The summed E-state index contributed by atoms with van der Waals surface area (Å²) in [5.41, 5.74) is 0. The van der Waals surface area contributed by atoms with Crippen LogP contribution in [0, 0.1) is 0 Å². The van der Waals surface area contributed by atoms with Crippen LogP contribution in [-0.2, 0) is 20.0 Å². The zero-order valence-corrected chi connectivity index (χ0v) is 6.94. The summed E-state index contributed by atoms with van der Waals surface area (Å²) in [5.74, 6) is -0.789. The Morgan fingerprint density at radius 2 is 1.92 bits per heavy atom. The molecule has 0 aliphatic rings. The molecule has 5 nitrogen and oxygen atoms in total. The minimum Gasteiger partial charge on any atom is -0.722 e. The fourth-order valence-corrected chi connectivity index (χ4v) is 0.200. The molecule has 0 heterocycles. The van der Waals surface area contributed by atoms with Gasteiger partial charge in [0.15, 0.2) is 6.67 Å². The summed E-state index contributed by atoms with van der Waals surface area (Å²) in [5, 5.41) is 0. The number of hydrogen-bond donors (Lipinski definition) is 0. The standard InChI is InChI=1S/C4H7FO2.FHO3S/c1-2-7-4(6)3-5;1-5(2,3)4/h2-3H2,1H3;(H,2,3,4)/p-1. The summed E-state index contributed by atoms with van der Waals surface area (Å²) in [6.07, 6.45) is 0. The molecule has 0 fully saturated rings. The van der Waals surface area contributed by atoms with Gasteiger partial charge in [-0.1, -0.05) is 0 Å². The third-order valence-corrected chi connectivity index (χ3v) is 0.414. The molecule has 0 aromatic rings. The second kappa shape index (κ2) is 6.92. The number of ether oxygens (including phenoxy) is 1. The van der Waals surface area contributed by atoms with Crippen molar-refractivity contribution in [1.82, 2.24) is 0 Å². The van der Waals surface area contributed by atoms with Gasteiger partial charge in [-0.15, -0.1) is 3.89 Å². The lowest BCUT2D eigenvalue weighted by molar-refractivity contribution is -0.144. The number of alkyl halides is 1. The molecule has 0 bridgehead atoms. The highest BCUT2D eigenvalue weighted by atomic mass is 32.3. The minimum atomic E-state index is -5.42. The van der Waals surface area contributed by atoms with E-state index < -0.39 is 23.1 Å². The van der Waals surface area contributed by atoms with E-state index in [9.17, 15) is 13.1 Å². The largest absolute Gasteiger partial charge is 0.722 e. The van der Waals surface area contributed by atoms with Crippen molar-refractivity contribution in [3.63, 3.8) is 0 Å². The molecule has 0 saturated heterocycles. The van der Waals surface area contributed by atoms with Crippen LogP contribution in [0.1, 0.15) is 6.92 Å². The van der Waals surface area contributed by atoms with Gasteiger partial charge in [-0.05, 0) is 6.92 Å². The van der Waals surface area contributed by atoms with E-state index in [1.807, 2.05) is 0 Å². The van der Waals surface area contributed by atoms with Crippen LogP contribution < -0.4 is 0 Å². The van der Waals surface area contributed by atoms with Gasteiger partial charge < -0.3 is 9.29 Å². The zero-order chi connectivity index (χ0) is 10.2. The SMILES string of the molecule is CCOC(=O)CF.O=S(=O)([O-])F. The van der Waals surface area contributed by atoms with Gasteiger partial charge in [-0.3, -0.25) is 0 Å². The van der Waals surface area contributed by atoms with Crippen LogP contribution in [0.4, 0.5) is 8.28 Å². The zero-order valence-electron chi connectivity index (χ0n) is 6.12. The fraction of sp³-hybridized carbons (Fsp3) is 0.750. The second-order valence-electron chi connectivity index (χ2n) is 1.33. The number of carbonyl (C=O) groups excluding carboxylic acids is 1. The summed E-state index contributed by atoms with van der Waals surface area (Å²) in [6, 6.07) is 0. The molecule has 8 heteroatoms. The lowest BCUT2D eigenvalue weighted by atomic mass is 10.7. The van der Waals surface area contributed by atoms with Crippen LogP contribution in [0.25, 0.3) is 0 Å². The van der Waals surface area contributed by atoms with E-state index in [0.29, 0.717) is 0 Å². The van der Waals surface area contributed by atoms with Gasteiger partial charge in [0.2, 0.25) is 0 Å². The molecule has 0 saturated carbocycles. The van der Waals surface area contributed by atoms with Gasteiger partial charge in [0, 0.05) is 0 Å². The van der Waals surface area contributed by atoms with Crippen molar-refractivity contribution in [3.05, 3.63) is 0 Å². The van der Waals surface area contributed by atoms with E-state index in [4.69, 9.17) is 13.0 Å². The molecule has 0 aliphatic carbocycles. The number of halogens is 2. The lowest BCUT2D eigenvalue weighted by Crippen LogP contribution is -2.04. The topological polar surface area (TPSA) is 83.5 Å². The van der Waals surface area contributed by atoms with Crippen molar-refractivity contribution in [2.24, 2.45) is 0 Å². The Hall–Kier alpha value is -0.760. The first kappa shape index (κ1) is 13.8. The van der Waals surface area contributed by atoms with E-state index in [1.54, 1.807) is 6.92 Å². The monoisotopic (exact) mass is 205 g/mol. The first-order valence-electron chi connectivity index (χ1n) is 2.68. The molecule has 0 aromatic heterocycles. The Kier molecular flexibility index (Phi) is 7.96. The quantitative estimate of drug-likeness (QED) is 0.358. The van der Waals surface area contributed by atoms with E-state index in [0.717, 1.165) is 0 Å². The highest BCUT2D eigenvalue weighted by molar-refractivity contribution is 7.80. The molecule has 0 atom stereocenters. The van der Waals surface area contributed by atoms with Crippen LogP contribution >= 0.6 is 0 Å². The Balaban J connectivity index is 0. The second-order valence-corrected chi connectivity index (χ2v) is 2.12. The molecule has 74 valence electrons. The molecular weight excluding hydrogens is 198 g/mol. The smallest absolute Gasteiger partial charge is 0.337 e. The predicted octanol–water partition coefficient (Wildman–Crippen LogP) is -0.0649. The summed E-state index contributed by atoms with van der Waals surface area (Å²) >= 11 is 0. The van der Waals surface area contributed by atoms with Crippen molar-refractivity contribution in [3.8, 4) is 0 Å². The Labute approximate surface area is 68.4 Å². The highest BCUT2D eigenvalue weighted by Crippen LogP contribution is 1.76. The van der Waals surface area contributed by atoms with Gasteiger partial charge >= 0.3 is 5.97 Å². The van der Waals surface area contributed by atoms with Crippen LogP contribution in [-0.4, -0.2) is 32.2 Å². The van der Waals surface area contributed by atoms with Gasteiger partial charge in [0.1, 0.15) is 0 Å². The number of hydrogen-bond acceptors (Lipinski definition) is 5. The van der Waals surface area contributed by atoms with Crippen LogP contribution in [0.3, 0.4) is 0 Å². The summed E-state index contributed by atoms with van der Waals surface area (Å²) in [6.45, 7) is 0.865. The van der Waals surface area contributed by atoms with Crippen molar-refractivity contribution in [1.29, 1.82) is 0 Å². The Morgan fingerprint density at radius 3 is 2.00 bits per heavy atom. The number of esters is 1. The van der Waals surface area contributed by atoms with Gasteiger partial charge in [0.25, 0.3) is 10.5 Å². The first-order chi connectivity index (χ1) is 5.31. The van der Waals surface area contributed by atoms with Crippen molar-refractivity contribution >= 4 is 16.5 Å². The van der Waals surface area contributed by atoms with Crippen molar-refractivity contribution in [2.45, 2.75) is 6.92 Å². The minimum absolute atomic E-state index is 0.253. The van der Waals surface area contributed by atoms with Gasteiger partial charge in [-0.25, -0.2) is 17.6 Å². The number of carbonyl (C=O) groups is 1. The molecule has 12 heavy (non-hydrogen) atoms. The van der Waals surface area contributed by atoms with Crippen LogP contribution in [0.5, 0.6) is 0 Å². The van der Waals surface area contributed by atoms with Gasteiger partial charge in [-0.2, -0.15) is 0 Å². The maximum Gasteiger partial charge on any atom is 0.337 e. The maximum atomic E-state index is 11.1. The normalized spacial score (nSPS) is 9.67. The van der Waals surface area contributed by atoms with Crippen molar-refractivity contribution < 1.29 is 30.8 Å². The maximum absolute atomic E-state index is 11.1. The molecular formula is C4H7F2O5S-. The van der Waals surface area contributed by atoms with E-state index in [2.05, 4.69) is 4.74 Å². The third-order valence-electron chi connectivity index (χ3n) is 0.414. The molecule has 0 N–H and O–H groups in total. The Morgan fingerprint density at radius 1 is 1.58 bits per heavy atom. The molecule has 0 aliphatic heterocycles. The average molecular weight is 205 g/mol. The first-order valence-corrected chi connectivity index (χ1v) is 3.99. The molecule has 0 spiro atoms. The van der Waals surface area contributed by atoms with Gasteiger partial charge in [0.05, 0.1) is 6.61 Å². The Bertz CT molecular complexity index is 203. The van der Waals surface area contributed by atoms with Crippen molar-refractivity contribution in [2.75, 3.05) is 13.3 Å². The summed E-state index contributed by atoms with van der Waals surface area (Å²) < 4.78 is 50.6. The molecule has 0 unspecified atom stereocenters. The van der Waals surface area contributed by atoms with Crippen LogP contribution in [0.2, 0.25) is 0 Å². The van der Waals surface area contributed by atoms with E-state index in [1.165, 1.54) is 0 Å².